The van der Waals surface area contributed by atoms with Crippen molar-refractivity contribution < 1.29 is 9.59 Å². The summed E-state index contributed by atoms with van der Waals surface area (Å²) in [5.41, 5.74) is 5.17. The summed E-state index contributed by atoms with van der Waals surface area (Å²) in [6, 6.07) is 13.2. The Hall–Kier alpha value is -2.99. The number of hydrogen-bond donors (Lipinski definition) is 1. The predicted molar refractivity (Wildman–Crippen MR) is 108 cm³/mol. The van der Waals surface area contributed by atoms with Crippen LogP contribution in [0, 0.1) is 6.92 Å². The number of thiazole rings is 1. The summed E-state index contributed by atoms with van der Waals surface area (Å²) >= 11 is 1.56. The number of benzene rings is 2. The number of carbonyl (C=O) groups is 2. The van der Waals surface area contributed by atoms with Gasteiger partial charge in [-0.25, -0.2) is 4.98 Å². The molecular weight excluding hydrogens is 358 g/mol. The zero-order valence-corrected chi connectivity index (χ0v) is 16.0. The Kier molecular flexibility index (Phi) is 4.49. The van der Waals surface area contributed by atoms with Crippen LogP contribution in [-0.4, -0.2) is 23.3 Å². The van der Waals surface area contributed by atoms with Crippen molar-refractivity contribution in [2.24, 2.45) is 0 Å². The summed E-state index contributed by atoms with van der Waals surface area (Å²) in [7, 11) is 0. The molecule has 0 fully saturated rings. The minimum absolute atomic E-state index is 0.0173. The molecule has 2 heterocycles. The summed E-state index contributed by atoms with van der Waals surface area (Å²) in [5.74, 6) is -0.166. The van der Waals surface area contributed by atoms with Gasteiger partial charge in [0.25, 0.3) is 5.91 Å². The van der Waals surface area contributed by atoms with Crippen molar-refractivity contribution in [3.63, 3.8) is 0 Å². The molecule has 2 amide bonds. The summed E-state index contributed by atoms with van der Waals surface area (Å²) in [6.07, 6.45) is 0.846. The summed E-state index contributed by atoms with van der Waals surface area (Å²) < 4.78 is 0. The average molecular weight is 377 g/mol. The normalized spacial score (nSPS) is 12.7. The molecule has 0 saturated heterocycles. The molecule has 4 rings (SSSR count). The summed E-state index contributed by atoms with van der Waals surface area (Å²) in [5, 5.41) is 5.83. The van der Waals surface area contributed by atoms with Gasteiger partial charge in [0.2, 0.25) is 5.91 Å². The minimum atomic E-state index is -0.183. The van der Waals surface area contributed by atoms with Crippen molar-refractivity contribution in [1.29, 1.82) is 0 Å². The third-order valence-electron chi connectivity index (χ3n) is 4.61. The fraction of sp³-hybridized carbons (Fsp3) is 0.190. The van der Waals surface area contributed by atoms with E-state index in [1.54, 1.807) is 29.2 Å². The number of nitrogens with zero attached hydrogens (tertiary/aromatic N) is 2. The molecule has 0 aliphatic carbocycles. The molecule has 0 unspecified atom stereocenters. The van der Waals surface area contributed by atoms with Crippen LogP contribution in [0.5, 0.6) is 0 Å². The Bertz CT molecular complexity index is 1040. The number of amides is 2. The molecule has 0 saturated carbocycles. The molecule has 136 valence electrons. The number of fused-ring (bicyclic) bond motifs is 1. The maximum atomic E-state index is 12.7. The van der Waals surface area contributed by atoms with Crippen molar-refractivity contribution in [1.82, 2.24) is 4.98 Å². The topological polar surface area (TPSA) is 62.3 Å². The molecule has 6 heteroatoms. The molecule has 3 aromatic rings. The zero-order chi connectivity index (χ0) is 19.0. The third kappa shape index (κ3) is 3.48. The molecule has 1 aliphatic rings. The Morgan fingerprint density at radius 1 is 1.19 bits per heavy atom. The van der Waals surface area contributed by atoms with Crippen LogP contribution in [-0.2, 0) is 11.2 Å². The van der Waals surface area contributed by atoms with Gasteiger partial charge in [-0.2, -0.15) is 0 Å². The van der Waals surface area contributed by atoms with E-state index in [4.69, 9.17) is 0 Å². The SMILES string of the molecule is CC(=O)N1CCc2ccc(NC(=O)c3cccc(-c4nc(C)cs4)c3)cc21. The number of aryl methyl sites for hydroxylation is 1. The van der Waals surface area contributed by atoms with E-state index in [1.807, 2.05) is 48.7 Å². The maximum Gasteiger partial charge on any atom is 0.255 e. The number of nitrogens with one attached hydrogen (secondary N) is 1. The van der Waals surface area contributed by atoms with Crippen LogP contribution >= 0.6 is 11.3 Å². The summed E-state index contributed by atoms with van der Waals surface area (Å²) in [6.45, 7) is 4.21. The lowest BCUT2D eigenvalue weighted by molar-refractivity contribution is -0.116. The van der Waals surface area contributed by atoms with E-state index in [9.17, 15) is 9.59 Å². The lowest BCUT2D eigenvalue weighted by Crippen LogP contribution is -2.25. The summed E-state index contributed by atoms with van der Waals surface area (Å²) in [4.78, 5) is 30.7. The van der Waals surface area contributed by atoms with E-state index >= 15 is 0 Å². The van der Waals surface area contributed by atoms with Gasteiger partial charge in [0.1, 0.15) is 5.01 Å². The van der Waals surface area contributed by atoms with E-state index in [-0.39, 0.29) is 11.8 Å². The first-order valence-corrected chi connectivity index (χ1v) is 9.64. The van der Waals surface area contributed by atoms with E-state index in [0.717, 1.165) is 33.9 Å². The van der Waals surface area contributed by atoms with Crippen LogP contribution in [0.3, 0.4) is 0 Å². The first kappa shape index (κ1) is 17.4. The zero-order valence-electron chi connectivity index (χ0n) is 15.2. The lowest BCUT2D eigenvalue weighted by atomic mass is 10.1. The van der Waals surface area contributed by atoms with Crippen LogP contribution in [0.4, 0.5) is 11.4 Å². The average Bonchev–Trinajstić information content (AvgIpc) is 3.27. The lowest BCUT2D eigenvalue weighted by Gasteiger charge is -2.16. The van der Waals surface area contributed by atoms with Crippen molar-refractivity contribution in [2.45, 2.75) is 20.3 Å². The fourth-order valence-corrected chi connectivity index (χ4v) is 4.06. The smallest absolute Gasteiger partial charge is 0.255 e. The molecule has 1 N–H and O–H groups in total. The van der Waals surface area contributed by atoms with Crippen molar-refractivity contribution >= 4 is 34.5 Å². The van der Waals surface area contributed by atoms with Crippen LogP contribution in [0.2, 0.25) is 0 Å². The molecule has 5 nitrogen and oxygen atoms in total. The first-order chi connectivity index (χ1) is 13.0. The van der Waals surface area contributed by atoms with E-state index in [0.29, 0.717) is 17.8 Å². The molecule has 0 radical (unpaired) electrons. The Morgan fingerprint density at radius 3 is 2.78 bits per heavy atom. The minimum Gasteiger partial charge on any atom is -0.322 e. The Balaban J connectivity index is 1.57. The van der Waals surface area contributed by atoms with Gasteiger partial charge in [-0.1, -0.05) is 18.2 Å². The van der Waals surface area contributed by atoms with E-state index in [2.05, 4.69) is 10.3 Å². The van der Waals surface area contributed by atoms with Gasteiger partial charge in [0.15, 0.2) is 0 Å². The number of aromatic nitrogens is 1. The van der Waals surface area contributed by atoms with E-state index in [1.165, 1.54) is 0 Å². The van der Waals surface area contributed by atoms with Gasteiger partial charge in [0, 0.05) is 47.0 Å². The molecule has 1 aliphatic heterocycles. The molecule has 0 atom stereocenters. The molecular formula is C21H19N3O2S. The quantitative estimate of drug-likeness (QED) is 0.741. The van der Waals surface area contributed by atoms with Gasteiger partial charge in [-0.05, 0) is 43.2 Å². The van der Waals surface area contributed by atoms with Gasteiger partial charge >= 0.3 is 0 Å². The van der Waals surface area contributed by atoms with Crippen LogP contribution in [0.1, 0.15) is 28.5 Å². The molecule has 27 heavy (non-hydrogen) atoms. The number of hydrogen-bond acceptors (Lipinski definition) is 4. The number of carbonyl (C=O) groups excluding carboxylic acids is 2. The van der Waals surface area contributed by atoms with Gasteiger partial charge in [-0.15, -0.1) is 11.3 Å². The van der Waals surface area contributed by atoms with Crippen molar-refractivity contribution in [3.05, 3.63) is 64.7 Å². The highest BCUT2D eigenvalue weighted by atomic mass is 32.1. The maximum absolute atomic E-state index is 12.7. The van der Waals surface area contributed by atoms with Gasteiger partial charge in [0.05, 0.1) is 0 Å². The largest absolute Gasteiger partial charge is 0.322 e. The molecule has 1 aromatic heterocycles. The second-order valence-corrected chi connectivity index (χ2v) is 7.45. The highest BCUT2D eigenvalue weighted by molar-refractivity contribution is 7.13. The second-order valence-electron chi connectivity index (χ2n) is 6.59. The molecule has 0 spiro atoms. The monoisotopic (exact) mass is 377 g/mol. The van der Waals surface area contributed by atoms with Crippen molar-refractivity contribution in [2.75, 3.05) is 16.8 Å². The highest BCUT2D eigenvalue weighted by Crippen LogP contribution is 2.31. The Labute approximate surface area is 161 Å². The number of anilines is 2. The van der Waals surface area contributed by atoms with Crippen LogP contribution in [0.15, 0.2) is 47.8 Å². The predicted octanol–water partition coefficient (Wildman–Crippen LogP) is 4.28. The standard InChI is InChI=1S/C21H19N3O2S/c1-13-12-27-21(22-13)17-5-3-4-16(10-17)20(26)23-18-7-6-15-8-9-24(14(2)25)19(15)11-18/h3-7,10-12H,8-9H2,1-2H3,(H,23,26). The first-order valence-electron chi connectivity index (χ1n) is 8.76. The Morgan fingerprint density at radius 2 is 2.04 bits per heavy atom. The highest BCUT2D eigenvalue weighted by Gasteiger charge is 2.22. The van der Waals surface area contributed by atoms with Crippen molar-refractivity contribution in [3.8, 4) is 10.6 Å². The molecule has 0 bridgehead atoms. The van der Waals surface area contributed by atoms with Gasteiger partial charge in [-0.3, -0.25) is 9.59 Å². The fourth-order valence-electron chi connectivity index (χ4n) is 3.27. The molecule has 2 aromatic carbocycles. The van der Waals surface area contributed by atoms with Crippen LogP contribution in [0.25, 0.3) is 10.6 Å². The number of rotatable bonds is 3. The van der Waals surface area contributed by atoms with E-state index < -0.39 is 0 Å². The van der Waals surface area contributed by atoms with Gasteiger partial charge < -0.3 is 10.2 Å². The second kappa shape index (κ2) is 6.96. The van der Waals surface area contributed by atoms with Crippen LogP contribution < -0.4 is 10.2 Å². The third-order valence-corrected chi connectivity index (χ3v) is 5.62.